The SMILES string of the molecule is O=C(Nc1cccc(-c2nnco2)c1)N1CCC[C@@H]1Cc1ccc(F)cc1. The fourth-order valence-electron chi connectivity index (χ4n) is 3.43. The van der Waals surface area contributed by atoms with Crippen molar-refractivity contribution in [3.63, 3.8) is 0 Å². The van der Waals surface area contributed by atoms with Crippen LogP contribution in [0.3, 0.4) is 0 Å². The molecule has 1 N–H and O–H groups in total. The van der Waals surface area contributed by atoms with Gasteiger partial charge in [0.15, 0.2) is 0 Å². The summed E-state index contributed by atoms with van der Waals surface area (Å²) in [5.41, 5.74) is 2.44. The molecule has 2 aromatic carbocycles. The first kappa shape index (κ1) is 17.2. The second kappa shape index (κ2) is 7.57. The predicted octanol–water partition coefficient (Wildman–Crippen LogP) is 4.11. The number of rotatable bonds is 4. The zero-order valence-corrected chi connectivity index (χ0v) is 14.6. The van der Waals surface area contributed by atoms with E-state index in [0.29, 0.717) is 18.1 Å². The Bertz CT molecular complexity index is 912. The lowest BCUT2D eigenvalue weighted by molar-refractivity contribution is 0.206. The molecule has 1 aromatic heterocycles. The lowest BCUT2D eigenvalue weighted by Crippen LogP contribution is -2.39. The third-order valence-corrected chi connectivity index (χ3v) is 4.74. The normalized spacial score (nSPS) is 16.5. The summed E-state index contributed by atoms with van der Waals surface area (Å²) in [4.78, 5) is 14.6. The number of halogens is 1. The largest absolute Gasteiger partial charge is 0.423 e. The van der Waals surface area contributed by atoms with Crippen molar-refractivity contribution in [1.82, 2.24) is 15.1 Å². The molecule has 1 fully saturated rings. The number of nitrogens with zero attached hydrogens (tertiary/aromatic N) is 3. The maximum atomic E-state index is 13.1. The molecule has 1 aliphatic rings. The molecule has 1 aliphatic heterocycles. The summed E-state index contributed by atoms with van der Waals surface area (Å²) >= 11 is 0. The van der Waals surface area contributed by atoms with Gasteiger partial charge in [-0.15, -0.1) is 10.2 Å². The summed E-state index contributed by atoms with van der Waals surface area (Å²) in [6.07, 6.45) is 3.88. The van der Waals surface area contributed by atoms with Gasteiger partial charge in [-0.1, -0.05) is 18.2 Å². The highest BCUT2D eigenvalue weighted by Gasteiger charge is 2.28. The predicted molar refractivity (Wildman–Crippen MR) is 98.6 cm³/mol. The van der Waals surface area contributed by atoms with Gasteiger partial charge in [-0.25, -0.2) is 9.18 Å². The van der Waals surface area contributed by atoms with E-state index in [4.69, 9.17) is 4.42 Å². The van der Waals surface area contributed by atoms with Gasteiger partial charge in [0.05, 0.1) is 0 Å². The number of anilines is 1. The van der Waals surface area contributed by atoms with Crippen molar-refractivity contribution in [3.05, 3.63) is 66.3 Å². The van der Waals surface area contributed by atoms with Gasteiger partial charge in [0.1, 0.15) is 5.82 Å². The van der Waals surface area contributed by atoms with E-state index in [1.807, 2.05) is 23.1 Å². The van der Waals surface area contributed by atoms with Crippen LogP contribution in [0.1, 0.15) is 18.4 Å². The van der Waals surface area contributed by atoms with Crippen LogP contribution < -0.4 is 5.32 Å². The van der Waals surface area contributed by atoms with Crippen LogP contribution in [0.4, 0.5) is 14.9 Å². The van der Waals surface area contributed by atoms with Gasteiger partial charge in [-0.05, 0) is 55.2 Å². The van der Waals surface area contributed by atoms with Crippen LogP contribution in [0.15, 0.2) is 59.3 Å². The van der Waals surface area contributed by atoms with E-state index in [0.717, 1.165) is 30.4 Å². The van der Waals surface area contributed by atoms with Gasteiger partial charge >= 0.3 is 6.03 Å². The molecule has 4 rings (SSSR count). The number of benzene rings is 2. The molecule has 3 aromatic rings. The summed E-state index contributed by atoms with van der Waals surface area (Å²) in [7, 11) is 0. The van der Waals surface area contributed by atoms with Crippen molar-refractivity contribution in [2.24, 2.45) is 0 Å². The minimum atomic E-state index is -0.249. The van der Waals surface area contributed by atoms with E-state index >= 15 is 0 Å². The van der Waals surface area contributed by atoms with Gasteiger partial charge in [0.2, 0.25) is 12.3 Å². The average Bonchev–Trinajstić information content (AvgIpc) is 3.36. The summed E-state index contributed by atoms with van der Waals surface area (Å²) in [6.45, 7) is 0.709. The van der Waals surface area contributed by atoms with Gasteiger partial charge in [0.25, 0.3) is 0 Å². The van der Waals surface area contributed by atoms with E-state index in [1.165, 1.54) is 18.5 Å². The second-order valence-corrected chi connectivity index (χ2v) is 6.57. The Labute approximate surface area is 156 Å². The third kappa shape index (κ3) is 3.97. The van der Waals surface area contributed by atoms with E-state index in [1.54, 1.807) is 18.2 Å². The van der Waals surface area contributed by atoms with Crippen molar-refractivity contribution < 1.29 is 13.6 Å². The number of aromatic nitrogens is 2. The van der Waals surface area contributed by atoms with E-state index < -0.39 is 0 Å². The molecular formula is C20H19FN4O2. The lowest BCUT2D eigenvalue weighted by atomic mass is 10.0. The lowest BCUT2D eigenvalue weighted by Gasteiger charge is -2.25. The molecule has 2 heterocycles. The maximum Gasteiger partial charge on any atom is 0.322 e. The minimum Gasteiger partial charge on any atom is -0.423 e. The second-order valence-electron chi connectivity index (χ2n) is 6.57. The van der Waals surface area contributed by atoms with Crippen LogP contribution in [-0.2, 0) is 6.42 Å². The summed E-state index contributed by atoms with van der Waals surface area (Å²) in [5, 5.41) is 10.5. The highest BCUT2D eigenvalue weighted by molar-refractivity contribution is 5.90. The first-order valence-corrected chi connectivity index (χ1v) is 8.88. The maximum absolute atomic E-state index is 13.1. The zero-order valence-electron chi connectivity index (χ0n) is 14.6. The van der Waals surface area contributed by atoms with E-state index in [9.17, 15) is 9.18 Å². The van der Waals surface area contributed by atoms with Gasteiger partial charge in [-0.3, -0.25) is 0 Å². The molecule has 0 saturated carbocycles. The van der Waals surface area contributed by atoms with Gasteiger partial charge in [-0.2, -0.15) is 0 Å². The Morgan fingerprint density at radius 1 is 1.26 bits per heavy atom. The Morgan fingerprint density at radius 2 is 2.11 bits per heavy atom. The molecule has 0 radical (unpaired) electrons. The highest BCUT2D eigenvalue weighted by Crippen LogP contribution is 2.24. The standard InChI is InChI=1S/C20H19FN4O2/c21-16-8-6-14(7-9-16)11-18-5-2-10-25(18)20(26)23-17-4-1-3-15(12-17)19-24-22-13-27-19/h1,3-4,6-9,12-13,18H,2,5,10-11H2,(H,23,26)/t18-/m1/s1. The monoisotopic (exact) mass is 366 g/mol. The topological polar surface area (TPSA) is 71.3 Å². The smallest absolute Gasteiger partial charge is 0.322 e. The number of urea groups is 1. The van der Waals surface area contributed by atoms with Crippen molar-refractivity contribution in [2.75, 3.05) is 11.9 Å². The first-order chi connectivity index (χ1) is 13.2. The number of carbonyl (C=O) groups is 1. The minimum absolute atomic E-state index is 0.106. The third-order valence-electron chi connectivity index (χ3n) is 4.74. The molecule has 1 atom stereocenters. The van der Waals surface area contributed by atoms with Crippen LogP contribution in [0.25, 0.3) is 11.5 Å². The zero-order chi connectivity index (χ0) is 18.6. The molecule has 0 unspecified atom stereocenters. The Hall–Kier alpha value is -3.22. The number of carbonyl (C=O) groups excluding carboxylic acids is 1. The Kier molecular flexibility index (Phi) is 4.82. The molecule has 0 bridgehead atoms. The van der Waals surface area contributed by atoms with Crippen LogP contribution in [0, 0.1) is 5.82 Å². The molecule has 6 nitrogen and oxygen atoms in total. The van der Waals surface area contributed by atoms with Gasteiger partial charge in [0, 0.05) is 23.8 Å². The average molecular weight is 366 g/mol. The Balaban J connectivity index is 1.44. The fourth-order valence-corrected chi connectivity index (χ4v) is 3.43. The molecule has 2 amide bonds. The molecular weight excluding hydrogens is 347 g/mol. The number of amides is 2. The quantitative estimate of drug-likeness (QED) is 0.754. The van der Waals surface area contributed by atoms with Crippen LogP contribution in [-0.4, -0.2) is 33.7 Å². The fraction of sp³-hybridized carbons (Fsp3) is 0.250. The number of nitrogens with one attached hydrogen (secondary N) is 1. The summed E-state index contributed by atoms with van der Waals surface area (Å²) < 4.78 is 18.3. The van der Waals surface area contributed by atoms with Crippen LogP contribution in [0.5, 0.6) is 0 Å². The first-order valence-electron chi connectivity index (χ1n) is 8.88. The number of hydrogen-bond acceptors (Lipinski definition) is 4. The molecule has 0 spiro atoms. The summed E-state index contributed by atoms with van der Waals surface area (Å²) in [5.74, 6) is 0.155. The van der Waals surface area contributed by atoms with E-state index in [-0.39, 0.29) is 17.9 Å². The molecule has 1 saturated heterocycles. The Morgan fingerprint density at radius 3 is 2.89 bits per heavy atom. The summed E-state index contributed by atoms with van der Waals surface area (Å²) in [6, 6.07) is 13.7. The van der Waals surface area contributed by atoms with Crippen LogP contribution >= 0.6 is 0 Å². The molecule has 0 aliphatic carbocycles. The van der Waals surface area contributed by atoms with Crippen molar-refractivity contribution >= 4 is 11.7 Å². The number of hydrogen-bond donors (Lipinski definition) is 1. The molecule has 138 valence electrons. The highest BCUT2D eigenvalue weighted by atomic mass is 19.1. The van der Waals surface area contributed by atoms with Crippen LogP contribution in [0.2, 0.25) is 0 Å². The molecule has 27 heavy (non-hydrogen) atoms. The number of likely N-dealkylation sites (tertiary alicyclic amines) is 1. The van der Waals surface area contributed by atoms with Crippen molar-refractivity contribution in [3.8, 4) is 11.5 Å². The van der Waals surface area contributed by atoms with Crippen molar-refractivity contribution in [2.45, 2.75) is 25.3 Å². The van der Waals surface area contributed by atoms with Crippen molar-refractivity contribution in [1.29, 1.82) is 0 Å². The molecule has 7 heteroatoms. The van der Waals surface area contributed by atoms with Gasteiger partial charge < -0.3 is 14.6 Å². The van der Waals surface area contributed by atoms with E-state index in [2.05, 4.69) is 15.5 Å².